The molecule has 0 saturated carbocycles. The smallest absolute Gasteiger partial charge is 0.213 e. The van der Waals surface area contributed by atoms with Crippen molar-refractivity contribution >= 4 is 61.1 Å². The fourth-order valence-electron chi connectivity index (χ4n) is 3.34. The van der Waals surface area contributed by atoms with E-state index >= 15 is 0 Å². The molecule has 0 aliphatic heterocycles. The van der Waals surface area contributed by atoms with E-state index in [0.717, 1.165) is 0 Å². The van der Waals surface area contributed by atoms with Gasteiger partial charge in [-0.25, -0.2) is 18.4 Å². The molecule has 0 bridgehead atoms. The molecule has 0 atom stereocenters. The number of aromatic nitrogens is 3. The van der Waals surface area contributed by atoms with Gasteiger partial charge in [0, 0.05) is 25.3 Å². The molecule has 0 amide bonds. The number of nitrogen functional groups attached to an aromatic ring is 1. The van der Waals surface area contributed by atoms with Crippen LogP contribution in [-0.4, -0.2) is 36.7 Å². The monoisotopic (exact) mass is 464 g/mol. The summed E-state index contributed by atoms with van der Waals surface area (Å²) in [6.07, 6.45) is 0.621. The Morgan fingerprint density at radius 3 is 2.50 bits per heavy atom. The average molecular weight is 465 g/mol. The number of methoxy groups -OCH3 is 1. The van der Waals surface area contributed by atoms with E-state index in [1.54, 1.807) is 17.7 Å². The molecule has 2 heterocycles. The minimum atomic E-state index is -4.12. The maximum Gasteiger partial charge on any atom is 0.213 e. The average Bonchev–Trinajstić information content (AvgIpc) is 2.99. The summed E-state index contributed by atoms with van der Waals surface area (Å²) in [4.78, 5) is 8.96. The number of halogens is 2. The second-order valence-electron chi connectivity index (χ2n) is 6.68. The first-order valence-corrected chi connectivity index (χ1v) is 11.3. The number of sulfone groups is 1. The normalized spacial score (nSPS) is 12.1. The number of ether oxygens (including phenoxy) is 1. The van der Waals surface area contributed by atoms with Gasteiger partial charge in [0.25, 0.3) is 0 Å². The third-order valence-electron chi connectivity index (χ3n) is 4.73. The Morgan fingerprint density at radius 2 is 1.80 bits per heavy atom. The molecule has 0 aliphatic carbocycles. The number of aryl methyl sites for hydroxylation is 1. The van der Waals surface area contributed by atoms with E-state index in [0.29, 0.717) is 36.3 Å². The number of hydrogen-bond acceptors (Lipinski definition) is 6. The first kappa shape index (κ1) is 20.9. The molecule has 4 aromatic rings. The van der Waals surface area contributed by atoms with Gasteiger partial charge in [-0.15, -0.1) is 0 Å². The van der Waals surface area contributed by atoms with Crippen LogP contribution >= 0.6 is 23.2 Å². The first-order valence-electron chi connectivity index (χ1n) is 9.08. The Hall–Kier alpha value is -2.39. The SMILES string of the molecule is COCCCn1c(N)c(S(=O)(=O)c2cc(Cl)ccc2Cl)c2nc3ccccc3nc21. The Bertz CT molecular complexity index is 1370. The highest BCUT2D eigenvalue weighted by Crippen LogP contribution is 2.38. The fraction of sp³-hybridized carbons (Fsp3) is 0.200. The number of para-hydroxylation sites is 2. The molecule has 0 aliphatic rings. The maximum absolute atomic E-state index is 13.6. The topological polar surface area (TPSA) is 100 Å². The van der Waals surface area contributed by atoms with Gasteiger partial charge in [-0.2, -0.15) is 0 Å². The summed E-state index contributed by atoms with van der Waals surface area (Å²) in [5.74, 6) is 0.0486. The summed E-state index contributed by atoms with van der Waals surface area (Å²) in [7, 11) is -2.53. The van der Waals surface area contributed by atoms with Crippen molar-refractivity contribution in [2.45, 2.75) is 22.8 Å². The van der Waals surface area contributed by atoms with Crippen LogP contribution in [0.2, 0.25) is 10.0 Å². The second kappa shape index (κ2) is 8.03. The van der Waals surface area contributed by atoms with Gasteiger partial charge in [0.2, 0.25) is 9.84 Å². The lowest BCUT2D eigenvalue weighted by Gasteiger charge is -2.09. The van der Waals surface area contributed by atoms with Crippen LogP contribution in [0.25, 0.3) is 22.2 Å². The van der Waals surface area contributed by atoms with E-state index in [-0.39, 0.29) is 31.2 Å². The lowest BCUT2D eigenvalue weighted by molar-refractivity contribution is 0.191. The van der Waals surface area contributed by atoms with Gasteiger partial charge in [0.1, 0.15) is 16.2 Å². The number of fused-ring (bicyclic) bond motifs is 2. The van der Waals surface area contributed by atoms with Crippen molar-refractivity contribution < 1.29 is 13.2 Å². The van der Waals surface area contributed by atoms with E-state index < -0.39 is 9.84 Å². The van der Waals surface area contributed by atoms with Gasteiger partial charge in [-0.05, 0) is 36.8 Å². The van der Waals surface area contributed by atoms with E-state index in [4.69, 9.17) is 33.7 Å². The predicted octanol–water partition coefficient (Wildman–Crippen LogP) is 4.34. The van der Waals surface area contributed by atoms with Gasteiger partial charge >= 0.3 is 0 Å². The minimum Gasteiger partial charge on any atom is -0.385 e. The van der Waals surface area contributed by atoms with Gasteiger partial charge in [-0.1, -0.05) is 35.3 Å². The molecule has 0 saturated heterocycles. The van der Waals surface area contributed by atoms with Crippen molar-refractivity contribution in [1.29, 1.82) is 0 Å². The fourth-order valence-corrected chi connectivity index (χ4v) is 5.60. The number of anilines is 1. The third kappa shape index (κ3) is 3.50. The highest BCUT2D eigenvalue weighted by molar-refractivity contribution is 7.92. The first-order chi connectivity index (χ1) is 14.3. The Morgan fingerprint density at radius 1 is 1.10 bits per heavy atom. The standard InChI is InChI=1S/C20H18Cl2N4O3S/c1-29-10-4-9-26-19(23)18(30(27,28)16-11-12(21)7-8-13(16)22)17-20(26)25-15-6-3-2-5-14(15)24-17/h2-3,5-8,11H,4,9-10,23H2,1H3. The van der Waals surface area contributed by atoms with Crippen molar-refractivity contribution in [3.05, 3.63) is 52.5 Å². The molecular formula is C20H18Cl2N4O3S. The number of nitrogens with zero attached hydrogens (tertiary/aromatic N) is 3. The molecule has 10 heteroatoms. The molecular weight excluding hydrogens is 447 g/mol. The maximum atomic E-state index is 13.6. The predicted molar refractivity (Wildman–Crippen MR) is 118 cm³/mol. The van der Waals surface area contributed by atoms with Gasteiger partial charge < -0.3 is 15.0 Å². The molecule has 0 radical (unpaired) electrons. The number of rotatable bonds is 6. The van der Waals surface area contributed by atoms with Gasteiger partial charge in [-0.3, -0.25) is 0 Å². The minimum absolute atomic E-state index is 0.0486. The van der Waals surface area contributed by atoms with E-state index in [1.807, 2.05) is 18.2 Å². The van der Waals surface area contributed by atoms with Gasteiger partial charge in [0.05, 0.1) is 21.0 Å². The van der Waals surface area contributed by atoms with Crippen molar-refractivity contribution in [1.82, 2.24) is 14.5 Å². The third-order valence-corrected chi connectivity index (χ3v) is 7.26. The number of hydrogen-bond donors (Lipinski definition) is 1. The number of benzene rings is 2. The summed E-state index contributed by atoms with van der Waals surface area (Å²) in [6.45, 7) is 0.907. The molecule has 7 nitrogen and oxygen atoms in total. The summed E-state index contributed by atoms with van der Waals surface area (Å²) in [6, 6.07) is 11.5. The van der Waals surface area contributed by atoms with Gasteiger partial charge in [0.15, 0.2) is 5.65 Å². The molecule has 156 valence electrons. The summed E-state index contributed by atoms with van der Waals surface area (Å²) >= 11 is 12.2. The van der Waals surface area contributed by atoms with Crippen LogP contribution in [0.15, 0.2) is 52.3 Å². The zero-order valence-corrected chi connectivity index (χ0v) is 18.3. The van der Waals surface area contributed by atoms with Crippen LogP contribution < -0.4 is 5.73 Å². The zero-order chi connectivity index (χ0) is 21.5. The van der Waals surface area contributed by atoms with Crippen molar-refractivity contribution in [3.63, 3.8) is 0 Å². The second-order valence-corrected chi connectivity index (χ2v) is 9.37. The molecule has 2 aromatic carbocycles. The quantitative estimate of drug-likeness (QED) is 0.425. The van der Waals surface area contributed by atoms with Crippen LogP contribution in [0.4, 0.5) is 5.82 Å². The molecule has 2 aromatic heterocycles. The van der Waals surface area contributed by atoms with Crippen molar-refractivity contribution in [2.75, 3.05) is 19.5 Å². The summed E-state index contributed by atoms with van der Waals surface area (Å²) in [5, 5.41) is 0.296. The highest BCUT2D eigenvalue weighted by atomic mass is 35.5. The van der Waals surface area contributed by atoms with Crippen molar-refractivity contribution in [2.24, 2.45) is 0 Å². The van der Waals surface area contributed by atoms with E-state index in [9.17, 15) is 8.42 Å². The molecule has 0 spiro atoms. The summed E-state index contributed by atoms with van der Waals surface area (Å²) in [5.41, 5.74) is 8.14. The summed E-state index contributed by atoms with van der Waals surface area (Å²) < 4.78 is 34.0. The Balaban J connectivity index is 2.04. The molecule has 30 heavy (non-hydrogen) atoms. The lowest BCUT2D eigenvalue weighted by Crippen LogP contribution is -2.09. The van der Waals surface area contributed by atoms with Crippen LogP contribution in [0.1, 0.15) is 6.42 Å². The molecule has 4 rings (SSSR count). The Kier molecular flexibility index (Phi) is 5.59. The number of nitrogens with two attached hydrogens (primary N) is 1. The largest absolute Gasteiger partial charge is 0.385 e. The lowest BCUT2D eigenvalue weighted by atomic mass is 10.3. The van der Waals surface area contributed by atoms with Crippen LogP contribution in [0.5, 0.6) is 0 Å². The molecule has 0 unspecified atom stereocenters. The molecule has 0 fully saturated rings. The van der Waals surface area contributed by atoms with Crippen LogP contribution in [-0.2, 0) is 21.1 Å². The van der Waals surface area contributed by atoms with Crippen LogP contribution in [0.3, 0.4) is 0 Å². The zero-order valence-electron chi connectivity index (χ0n) is 16.0. The van der Waals surface area contributed by atoms with E-state index in [2.05, 4.69) is 9.97 Å². The van der Waals surface area contributed by atoms with Crippen molar-refractivity contribution in [3.8, 4) is 0 Å². The van der Waals surface area contributed by atoms with E-state index in [1.165, 1.54) is 18.2 Å². The highest BCUT2D eigenvalue weighted by Gasteiger charge is 2.31. The Labute approximate surface area is 183 Å². The van der Waals surface area contributed by atoms with Crippen LogP contribution in [0, 0.1) is 0 Å². The molecule has 2 N–H and O–H groups in total.